The number of allylic oxidation sites excluding steroid dienone is 1. The lowest BCUT2D eigenvalue weighted by Gasteiger charge is -2.42. The molecular weight excluding hydrogens is 475 g/mol. The summed E-state index contributed by atoms with van der Waals surface area (Å²) in [7, 11) is 0. The monoisotopic (exact) mass is 497 g/mol. The number of H-pyrrole nitrogens is 1. The number of fused-ring (bicyclic) bond motifs is 5. The molecular formula is C25H22F3N5O3. The van der Waals surface area contributed by atoms with E-state index in [0.717, 1.165) is 43.8 Å². The molecule has 0 bridgehead atoms. The zero-order valence-corrected chi connectivity index (χ0v) is 19.0. The van der Waals surface area contributed by atoms with E-state index < -0.39 is 6.36 Å². The van der Waals surface area contributed by atoms with Crippen molar-refractivity contribution in [2.24, 2.45) is 23.7 Å². The molecule has 2 saturated heterocycles. The first-order valence-electron chi connectivity index (χ1n) is 11.7. The number of halogens is 3. The first kappa shape index (κ1) is 22.6. The summed E-state index contributed by atoms with van der Waals surface area (Å²) in [5, 5.41) is 10.5. The van der Waals surface area contributed by atoms with Gasteiger partial charge in [-0.15, -0.1) is 18.3 Å². The van der Waals surface area contributed by atoms with Crippen molar-refractivity contribution in [3.05, 3.63) is 65.9 Å². The molecule has 36 heavy (non-hydrogen) atoms. The lowest BCUT2D eigenvalue weighted by Crippen LogP contribution is -2.44. The van der Waals surface area contributed by atoms with E-state index in [1.807, 2.05) is 11.0 Å². The Morgan fingerprint density at radius 1 is 0.944 bits per heavy atom. The molecule has 0 unspecified atom stereocenters. The minimum Gasteiger partial charge on any atom is -0.406 e. The molecule has 3 aliphatic rings. The molecule has 186 valence electrons. The highest BCUT2D eigenvalue weighted by molar-refractivity contribution is 6.04. The summed E-state index contributed by atoms with van der Waals surface area (Å²) in [6.07, 6.45) is -1.54. The Labute approximate surface area is 203 Å². The summed E-state index contributed by atoms with van der Waals surface area (Å²) in [6, 6.07) is 10.3. The molecule has 1 saturated carbocycles. The second-order valence-electron chi connectivity index (χ2n) is 9.62. The van der Waals surface area contributed by atoms with Crippen LogP contribution in [0.1, 0.15) is 20.7 Å². The van der Waals surface area contributed by atoms with Gasteiger partial charge in [0.25, 0.3) is 5.91 Å². The van der Waals surface area contributed by atoms with Crippen LogP contribution in [0.4, 0.5) is 13.2 Å². The van der Waals surface area contributed by atoms with Crippen LogP contribution in [-0.4, -0.2) is 69.4 Å². The van der Waals surface area contributed by atoms with Gasteiger partial charge in [-0.25, -0.2) is 0 Å². The number of likely N-dealkylation sites (tertiary alicyclic amines) is 2. The highest BCUT2D eigenvalue weighted by Crippen LogP contribution is 2.54. The molecule has 1 amide bonds. The maximum Gasteiger partial charge on any atom is 0.573 e. The number of nitrogens with zero attached hydrogens (tertiary/aromatic N) is 4. The topological polar surface area (TPSA) is 91.4 Å². The Morgan fingerprint density at radius 3 is 2.25 bits per heavy atom. The Balaban J connectivity index is 1.04. The van der Waals surface area contributed by atoms with E-state index in [9.17, 15) is 22.8 Å². The normalized spacial score (nSPS) is 25.2. The molecule has 1 N–H and O–H groups in total. The van der Waals surface area contributed by atoms with Crippen molar-refractivity contribution in [3.63, 3.8) is 0 Å². The number of benzene rings is 2. The van der Waals surface area contributed by atoms with Gasteiger partial charge in [-0.1, -0.05) is 5.21 Å². The first-order chi connectivity index (χ1) is 17.2. The molecule has 11 heteroatoms. The predicted octanol–water partition coefficient (Wildman–Crippen LogP) is 3.50. The number of rotatable bonds is 5. The van der Waals surface area contributed by atoms with Gasteiger partial charge in [0.05, 0.1) is 5.52 Å². The molecule has 4 atom stereocenters. The van der Waals surface area contributed by atoms with E-state index in [-0.39, 0.29) is 23.0 Å². The van der Waals surface area contributed by atoms with E-state index in [4.69, 9.17) is 0 Å². The van der Waals surface area contributed by atoms with Crippen LogP contribution in [0.3, 0.4) is 0 Å². The van der Waals surface area contributed by atoms with Crippen molar-refractivity contribution in [3.8, 4) is 5.75 Å². The molecule has 0 radical (unpaired) electrons. The SMILES string of the molecule is O=C(/C=C/N1C[C@@H]2[C@H](C1)[C@H]1CN(C(=O)c3ccc4[nH]nnc4c3)C[C@@H]21)c1ccc(OC(F)(F)F)cc1. The van der Waals surface area contributed by atoms with Crippen molar-refractivity contribution < 1.29 is 27.5 Å². The number of alkyl halides is 3. The third-order valence-electron chi connectivity index (χ3n) is 7.62. The van der Waals surface area contributed by atoms with Crippen LogP contribution in [0, 0.1) is 23.7 Å². The van der Waals surface area contributed by atoms with Gasteiger partial charge in [0.2, 0.25) is 0 Å². The molecule has 2 aliphatic heterocycles. The highest BCUT2D eigenvalue weighted by atomic mass is 19.4. The standard InChI is InChI=1S/C25H22F3N5O3/c26-25(27,28)36-16-4-1-14(2-5-16)23(34)7-8-32-10-17-18(11-32)20-13-33(12-19(17)20)24(35)15-3-6-21-22(9-15)30-31-29-21/h1-9,17-20H,10-13H2,(H,29,30,31)/b8-7+/t17-,18+,19+,20-. The summed E-state index contributed by atoms with van der Waals surface area (Å²) in [5.74, 6) is 1.22. The van der Waals surface area contributed by atoms with Gasteiger partial charge in [0.15, 0.2) is 5.78 Å². The van der Waals surface area contributed by atoms with Crippen LogP contribution in [0.25, 0.3) is 11.0 Å². The fourth-order valence-corrected chi connectivity index (χ4v) is 5.94. The van der Waals surface area contributed by atoms with Crippen molar-refractivity contribution in [2.75, 3.05) is 26.2 Å². The molecule has 8 nitrogen and oxygen atoms in total. The van der Waals surface area contributed by atoms with Gasteiger partial charge in [-0.2, -0.15) is 0 Å². The number of ketones is 1. The number of carbonyl (C=O) groups is 2. The number of hydrogen-bond donors (Lipinski definition) is 1. The molecule has 1 aromatic heterocycles. The summed E-state index contributed by atoms with van der Waals surface area (Å²) < 4.78 is 40.7. The molecule has 3 fully saturated rings. The number of amides is 1. The van der Waals surface area contributed by atoms with Gasteiger partial charge >= 0.3 is 6.36 Å². The van der Waals surface area contributed by atoms with Gasteiger partial charge in [0.1, 0.15) is 11.3 Å². The molecule has 3 aromatic rings. The van der Waals surface area contributed by atoms with E-state index in [1.54, 1.807) is 18.3 Å². The van der Waals surface area contributed by atoms with E-state index >= 15 is 0 Å². The highest BCUT2D eigenvalue weighted by Gasteiger charge is 2.58. The molecule has 3 heterocycles. The Hall–Kier alpha value is -3.89. The molecule has 0 spiro atoms. The third-order valence-corrected chi connectivity index (χ3v) is 7.62. The lowest BCUT2D eigenvalue weighted by molar-refractivity contribution is -0.274. The number of ether oxygens (including phenoxy) is 1. The number of hydrogen-bond acceptors (Lipinski definition) is 6. The van der Waals surface area contributed by atoms with E-state index in [0.29, 0.717) is 34.8 Å². The number of nitrogens with one attached hydrogen (secondary N) is 1. The van der Waals surface area contributed by atoms with Gasteiger partial charge < -0.3 is 14.5 Å². The van der Waals surface area contributed by atoms with Gasteiger partial charge in [-0.05, 0) is 66.1 Å². The minimum atomic E-state index is -4.77. The average molecular weight is 497 g/mol. The quantitative estimate of drug-likeness (QED) is 0.429. The van der Waals surface area contributed by atoms with Crippen molar-refractivity contribution in [1.82, 2.24) is 25.2 Å². The van der Waals surface area contributed by atoms with Crippen LogP contribution in [0.5, 0.6) is 5.75 Å². The van der Waals surface area contributed by atoms with Crippen LogP contribution in [0.2, 0.25) is 0 Å². The Kier molecular flexibility index (Phi) is 5.24. The first-order valence-corrected chi connectivity index (χ1v) is 11.7. The van der Waals surface area contributed by atoms with Gasteiger partial charge in [0, 0.05) is 49.6 Å². The zero-order chi connectivity index (χ0) is 25.0. The second kappa shape index (κ2) is 8.35. The Bertz CT molecular complexity index is 1330. The smallest absolute Gasteiger partial charge is 0.406 e. The van der Waals surface area contributed by atoms with Gasteiger partial charge in [-0.3, -0.25) is 14.7 Å². The summed E-state index contributed by atoms with van der Waals surface area (Å²) in [4.78, 5) is 29.6. The minimum absolute atomic E-state index is 0.0152. The largest absolute Gasteiger partial charge is 0.573 e. The number of aromatic amines is 1. The number of carbonyl (C=O) groups excluding carboxylic acids is 2. The fraction of sp³-hybridized carbons (Fsp3) is 0.360. The van der Waals surface area contributed by atoms with Crippen molar-refractivity contribution >= 4 is 22.7 Å². The second-order valence-corrected chi connectivity index (χ2v) is 9.62. The number of aromatic nitrogens is 3. The predicted molar refractivity (Wildman–Crippen MR) is 122 cm³/mol. The van der Waals surface area contributed by atoms with E-state index in [1.165, 1.54) is 18.2 Å². The molecule has 1 aliphatic carbocycles. The maximum atomic E-state index is 13.1. The zero-order valence-electron chi connectivity index (χ0n) is 19.0. The van der Waals surface area contributed by atoms with E-state index in [2.05, 4.69) is 25.0 Å². The van der Waals surface area contributed by atoms with Crippen LogP contribution in [-0.2, 0) is 0 Å². The third kappa shape index (κ3) is 4.08. The maximum absolute atomic E-state index is 13.1. The Morgan fingerprint density at radius 2 is 1.58 bits per heavy atom. The average Bonchev–Trinajstić information content (AvgIpc) is 3.55. The lowest BCUT2D eigenvalue weighted by atomic mass is 9.60. The van der Waals surface area contributed by atoms with Crippen LogP contribution < -0.4 is 4.74 Å². The summed E-state index contributed by atoms with van der Waals surface area (Å²) in [6.45, 7) is 3.09. The molecule has 2 aromatic carbocycles. The van der Waals surface area contributed by atoms with Crippen LogP contribution in [0.15, 0.2) is 54.7 Å². The molecule has 6 rings (SSSR count). The summed E-state index contributed by atoms with van der Waals surface area (Å²) in [5.41, 5.74) is 2.37. The fourth-order valence-electron chi connectivity index (χ4n) is 5.94. The summed E-state index contributed by atoms with van der Waals surface area (Å²) >= 11 is 0. The van der Waals surface area contributed by atoms with Crippen LogP contribution >= 0.6 is 0 Å². The van der Waals surface area contributed by atoms with Crippen molar-refractivity contribution in [2.45, 2.75) is 6.36 Å². The van der Waals surface area contributed by atoms with Crippen molar-refractivity contribution in [1.29, 1.82) is 0 Å².